The van der Waals surface area contributed by atoms with Crippen molar-refractivity contribution in [3.8, 4) is 6.07 Å². The molecular weight excluding hydrogens is 282 g/mol. The van der Waals surface area contributed by atoms with Crippen LogP contribution in [0.5, 0.6) is 0 Å². The SMILES string of the molecule is CC(C)(C)OC(=O)N1CC2CC1CN2c1ncc(C#N)cn1. The molecule has 2 aliphatic rings. The van der Waals surface area contributed by atoms with Gasteiger partial charge in [-0.2, -0.15) is 5.26 Å². The van der Waals surface area contributed by atoms with Gasteiger partial charge in [-0.1, -0.05) is 0 Å². The van der Waals surface area contributed by atoms with Crippen molar-refractivity contribution in [2.45, 2.75) is 44.9 Å². The van der Waals surface area contributed by atoms with Crippen LogP contribution in [0.3, 0.4) is 0 Å². The molecule has 0 aromatic carbocycles. The molecule has 2 fully saturated rings. The lowest BCUT2D eigenvalue weighted by Gasteiger charge is -2.35. The van der Waals surface area contributed by atoms with Gasteiger partial charge in [0.1, 0.15) is 11.7 Å². The highest BCUT2D eigenvalue weighted by Crippen LogP contribution is 2.33. The van der Waals surface area contributed by atoms with E-state index in [1.165, 1.54) is 12.4 Å². The summed E-state index contributed by atoms with van der Waals surface area (Å²) in [6.45, 7) is 6.95. The quantitative estimate of drug-likeness (QED) is 0.782. The maximum Gasteiger partial charge on any atom is 0.410 e. The lowest BCUT2D eigenvalue weighted by Crippen LogP contribution is -2.50. The van der Waals surface area contributed by atoms with Gasteiger partial charge >= 0.3 is 6.09 Å². The summed E-state index contributed by atoms with van der Waals surface area (Å²) in [6.07, 6.45) is 3.71. The molecule has 2 saturated heterocycles. The van der Waals surface area contributed by atoms with Crippen molar-refractivity contribution in [3.05, 3.63) is 18.0 Å². The Morgan fingerprint density at radius 2 is 2.00 bits per heavy atom. The summed E-state index contributed by atoms with van der Waals surface area (Å²) in [5, 5.41) is 8.79. The number of piperazine rings is 1. The second kappa shape index (κ2) is 5.13. The van der Waals surface area contributed by atoms with Gasteiger partial charge in [0.15, 0.2) is 0 Å². The van der Waals surface area contributed by atoms with Gasteiger partial charge in [-0.15, -0.1) is 0 Å². The van der Waals surface area contributed by atoms with E-state index in [1.807, 2.05) is 26.8 Å². The van der Waals surface area contributed by atoms with Crippen LogP contribution in [-0.2, 0) is 4.74 Å². The van der Waals surface area contributed by atoms with Crippen LogP contribution >= 0.6 is 0 Å². The fourth-order valence-corrected chi connectivity index (χ4v) is 2.98. The van der Waals surface area contributed by atoms with Crippen molar-refractivity contribution in [1.82, 2.24) is 14.9 Å². The van der Waals surface area contributed by atoms with Crippen LogP contribution in [0.1, 0.15) is 32.8 Å². The maximum atomic E-state index is 12.2. The number of hydrogen-bond acceptors (Lipinski definition) is 6. The van der Waals surface area contributed by atoms with Gasteiger partial charge in [-0.25, -0.2) is 14.8 Å². The van der Waals surface area contributed by atoms with E-state index in [2.05, 4.69) is 14.9 Å². The predicted molar refractivity (Wildman–Crippen MR) is 79.2 cm³/mol. The van der Waals surface area contributed by atoms with Crippen molar-refractivity contribution in [2.75, 3.05) is 18.0 Å². The van der Waals surface area contributed by atoms with Crippen molar-refractivity contribution in [3.63, 3.8) is 0 Å². The zero-order valence-corrected chi connectivity index (χ0v) is 13.0. The van der Waals surface area contributed by atoms with Gasteiger partial charge in [0.25, 0.3) is 0 Å². The molecular formula is C15H19N5O2. The number of nitrogens with zero attached hydrogens (tertiary/aromatic N) is 5. The van der Waals surface area contributed by atoms with E-state index in [1.54, 1.807) is 4.90 Å². The number of nitriles is 1. The Kier molecular flexibility index (Phi) is 3.39. The predicted octanol–water partition coefficient (Wildman–Crippen LogP) is 1.55. The zero-order chi connectivity index (χ0) is 15.9. The molecule has 0 saturated carbocycles. The third kappa shape index (κ3) is 2.69. The molecule has 1 aromatic rings. The van der Waals surface area contributed by atoms with E-state index < -0.39 is 5.60 Å². The van der Waals surface area contributed by atoms with E-state index in [4.69, 9.17) is 10.00 Å². The van der Waals surface area contributed by atoms with Crippen LogP contribution in [0.15, 0.2) is 12.4 Å². The summed E-state index contributed by atoms with van der Waals surface area (Å²) >= 11 is 0. The molecule has 7 heteroatoms. The highest BCUT2D eigenvalue weighted by molar-refractivity contribution is 5.70. The summed E-state index contributed by atoms with van der Waals surface area (Å²) < 4.78 is 5.45. The lowest BCUT2D eigenvalue weighted by atomic mass is 10.2. The van der Waals surface area contributed by atoms with Crippen LogP contribution in [0.25, 0.3) is 0 Å². The Labute approximate surface area is 129 Å². The average molecular weight is 301 g/mol. The molecule has 0 spiro atoms. The highest BCUT2D eigenvalue weighted by atomic mass is 16.6. The Bertz CT molecular complexity index is 616. The monoisotopic (exact) mass is 301 g/mol. The number of anilines is 1. The third-order valence-corrected chi connectivity index (χ3v) is 3.89. The van der Waals surface area contributed by atoms with Crippen LogP contribution < -0.4 is 4.90 Å². The van der Waals surface area contributed by atoms with Crippen molar-refractivity contribution < 1.29 is 9.53 Å². The number of ether oxygens (including phenoxy) is 1. The second-order valence-electron chi connectivity index (χ2n) is 6.71. The first-order valence-electron chi connectivity index (χ1n) is 7.36. The van der Waals surface area contributed by atoms with Gasteiger partial charge in [0, 0.05) is 13.1 Å². The molecule has 1 amide bonds. The van der Waals surface area contributed by atoms with E-state index in [0.717, 1.165) is 6.42 Å². The molecule has 2 unspecified atom stereocenters. The zero-order valence-electron chi connectivity index (χ0n) is 13.0. The first-order valence-corrected chi connectivity index (χ1v) is 7.36. The van der Waals surface area contributed by atoms with Crippen LogP contribution in [0, 0.1) is 11.3 Å². The smallest absolute Gasteiger partial charge is 0.410 e. The molecule has 0 radical (unpaired) electrons. The van der Waals surface area contributed by atoms with Gasteiger partial charge in [0.05, 0.1) is 30.0 Å². The maximum absolute atomic E-state index is 12.2. The molecule has 116 valence electrons. The normalized spacial score (nSPS) is 23.5. The Hall–Kier alpha value is -2.36. The summed E-state index contributed by atoms with van der Waals surface area (Å²) in [6, 6.07) is 2.36. The lowest BCUT2D eigenvalue weighted by molar-refractivity contribution is 0.0214. The Balaban J connectivity index is 1.66. The molecule has 7 nitrogen and oxygen atoms in total. The molecule has 2 bridgehead atoms. The van der Waals surface area contributed by atoms with Crippen molar-refractivity contribution in [2.24, 2.45) is 0 Å². The number of carbonyl (C=O) groups excluding carboxylic acids is 1. The summed E-state index contributed by atoms with van der Waals surface area (Å²) in [4.78, 5) is 24.6. The fraction of sp³-hybridized carbons (Fsp3) is 0.600. The van der Waals surface area contributed by atoms with E-state index in [-0.39, 0.29) is 18.2 Å². The van der Waals surface area contributed by atoms with E-state index in [9.17, 15) is 4.79 Å². The van der Waals surface area contributed by atoms with Gasteiger partial charge in [-0.05, 0) is 27.2 Å². The van der Waals surface area contributed by atoms with Crippen LogP contribution in [0.2, 0.25) is 0 Å². The molecule has 3 rings (SSSR count). The van der Waals surface area contributed by atoms with Crippen molar-refractivity contribution >= 4 is 12.0 Å². The molecule has 3 heterocycles. The van der Waals surface area contributed by atoms with Gasteiger partial charge in [0.2, 0.25) is 5.95 Å². The van der Waals surface area contributed by atoms with Crippen molar-refractivity contribution in [1.29, 1.82) is 5.26 Å². The number of aromatic nitrogens is 2. The number of fused-ring (bicyclic) bond motifs is 2. The van der Waals surface area contributed by atoms with Crippen LogP contribution in [0.4, 0.5) is 10.7 Å². The minimum atomic E-state index is -0.477. The van der Waals surface area contributed by atoms with E-state index >= 15 is 0 Å². The number of hydrogen-bond donors (Lipinski definition) is 0. The molecule has 2 atom stereocenters. The average Bonchev–Trinajstić information content (AvgIpc) is 3.05. The Morgan fingerprint density at radius 1 is 1.32 bits per heavy atom. The minimum Gasteiger partial charge on any atom is -0.444 e. The summed E-state index contributed by atoms with van der Waals surface area (Å²) in [7, 11) is 0. The Morgan fingerprint density at radius 3 is 2.50 bits per heavy atom. The molecule has 22 heavy (non-hydrogen) atoms. The number of carbonyl (C=O) groups is 1. The minimum absolute atomic E-state index is 0.138. The van der Waals surface area contributed by atoms with Crippen LogP contribution in [-0.4, -0.2) is 51.7 Å². The second-order valence-corrected chi connectivity index (χ2v) is 6.71. The molecule has 0 N–H and O–H groups in total. The summed E-state index contributed by atoms with van der Waals surface area (Å²) in [5.74, 6) is 0.621. The topological polar surface area (TPSA) is 82.4 Å². The molecule has 2 aliphatic heterocycles. The van der Waals surface area contributed by atoms with E-state index in [0.29, 0.717) is 24.6 Å². The largest absolute Gasteiger partial charge is 0.444 e. The number of rotatable bonds is 1. The number of likely N-dealkylation sites (tertiary alicyclic amines) is 1. The van der Waals surface area contributed by atoms with Gasteiger partial charge < -0.3 is 14.5 Å². The first-order chi connectivity index (χ1) is 10.4. The van der Waals surface area contributed by atoms with Gasteiger partial charge in [-0.3, -0.25) is 0 Å². The standard InChI is InChI=1S/C15H19N5O2/c1-15(2,3)22-14(21)20-9-11-4-12(20)8-19(11)13-17-6-10(5-16)7-18-13/h6-7,11-12H,4,8-9H2,1-3H3. The highest BCUT2D eigenvalue weighted by Gasteiger charge is 2.47. The molecule has 1 aromatic heterocycles. The third-order valence-electron chi connectivity index (χ3n) is 3.89. The fourth-order valence-electron chi connectivity index (χ4n) is 2.98. The first kappa shape index (κ1) is 14.6. The molecule has 0 aliphatic carbocycles. The number of amides is 1. The summed E-state index contributed by atoms with van der Waals surface area (Å²) in [5.41, 5.74) is -0.0297.